The summed E-state index contributed by atoms with van der Waals surface area (Å²) in [5.74, 6) is 0. The quantitative estimate of drug-likeness (QED) is 0.896. The maximum atomic E-state index is 11.8. The zero-order valence-corrected chi connectivity index (χ0v) is 12.6. The molecule has 2 amide bonds. The highest BCUT2D eigenvalue weighted by atomic mass is 35.5. The Morgan fingerprint density at radius 1 is 1.30 bits per heavy atom. The molecule has 0 fully saturated rings. The van der Waals surface area contributed by atoms with Gasteiger partial charge in [-0.2, -0.15) is 0 Å². The molecule has 0 saturated carbocycles. The number of rotatable bonds is 4. The van der Waals surface area contributed by atoms with Gasteiger partial charge in [0.2, 0.25) is 5.13 Å². The van der Waals surface area contributed by atoms with Crippen molar-refractivity contribution in [3.8, 4) is 0 Å². The van der Waals surface area contributed by atoms with Crippen LogP contribution < -0.4 is 10.6 Å². The molecule has 1 aromatic heterocycles. The number of ether oxygens (including phenoxy) is 1. The van der Waals surface area contributed by atoms with Gasteiger partial charge in [0.15, 0.2) is 0 Å². The summed E-state index contributed by atoms with van der Waals surface area (Å²) in [6.45, 7) is 0.355. The monoisotopic (exact) mass is 332 g/mol. The standard InChI is InChI=1S/C11H10Cl2N4O2S/c1-19-5-9-16-17-11(20-9)15-10(18)14-6-2-3-7(12)8(13)4-6/h2-4H,5H2,1H3,(H2,14,15,17,18). The number of hydrogen-bond donors (Lipinski definition) is 2. The van der Waals surface area contributed by atoms with Crippen LogP contribution in [0, 0.1) is 0 Å². The molecule has 2 N–H and O–H groups in total. The Bertz CT molecular complexity index is 620. The van der Waals surface area contributed by atoms with Crippen LogP contribution in [-0.4, -0.2) is 23.3 Å². The minimum atomic E-state index is -0.441. The number of carbonyl (C=O) groups is 1. The van der Waals surface area contributed by atoms with E-state index >= 15 is 0 Å². The Balaban J connectivity index is 1.95. The fraction of sp³-hybridized carbons (Fsp3) is 0.182. The van der Waals surface area contributed by atoms with Gasteiger partial charge in [-0.1, -0.05) is 34.5 Å². The highest BCUT2D eigenvalue weighted by molar-refractivity contribution is 7.15. The van der Waals surface area contributed by atoms with Gasteiger partial charge in [0.25, 0.3) is 0 Å². The number of benzene rings is 1. The van der Waals surface area contributed by atoms with Crippen molar-refractivity contribution in [3.05, 3.63) is 33.3 Å². The molecule has 0 atom stereocenters. The third-order valence-electron chi connectivity index (χ3n) is 2.13. The smallest absolute Gasteiger partial charge is 0.325 e. The molecule has 0 bridgehead atoms. The van der Waals surface area contributed by atoms with Crippen LogP contribution in [0.4, 0.5) is 15.6 Å². The molecule has 106 valence electrons. The fourth-order valence-corrected chi connectivity index (χ4v) is 2.32. The van der Waals surface area contributed by atoms with E-state index in [-0.39, 0.29) is 0 Å². The molecule has 1 aromatic carbocycles. The average molecular weight is 333 g/mol. The van der Waals surface area contributed by atoms with Gasteiger partial charge in [-0.3, -0.25) is 5.32 Å². The number of hydrogen-bond acceptors (Lipinski definition) is 5. The second-order valence-electron chi connectivity index (χ2n) is 3.64. The van der Waals surface area contributed by atoms with Crippen LogP contribution in [0.3, 0.4) is 0 Å². The van der Waals surface area contributed by atoms with Gasteiger partial charge >= 0.3 is 6.03 Å². The van der Waals surface area contributed by atoms with Gasteiger partial charge in [0.1, 0.15) is 11.6 Å². The first-order chi connectivity index (χ1) is 9.58. The molecule has 2 aromatic rings. The van der Waals surface area contributed by atoms with E-state index in [4.69, 9.17) is 27.9 Å². The van der Waals surface area contributed by atoms with Crippen LogP contribution >= 0.6 is 34.5 Å². The summed E-state index contributed by atoms with van der Waals surface area (Å²) in [5, 5.41) is 14.7. The number of aromatic nitrogens is 2. The van der Waals surface area contributed by atoms with Crippen molar-refractivity contribution in [2.24, 2.45) is 0 Å². The fourth-order valence-electron chi connectivity index (χ4n) is 1.32. The molecular formula is C11H10Cl2N4O2S. The van der Waals surface area contributed by atoms with Crippen LogP contribution in [0.15, 0.2) is 18.2 Å². The number of amides is 2. The molecule has 6 nitrogen and oxygen atoms in total. The van der Waals surface area contributed by atoms with Crippen molar-refractivity contribution < 1.29 is 9.53 Å². The minimum Gasteiger partial charge on any atom is -0.377 e. The lowest BCUT2D eigenvalue weighted by molar-refractivity contribution is 0.184. The number of nitrogens with zero attached hydrogens (tertiary/aromatic N) is 2. The van der Waals surface area contributed by atoms with E-state index in [1.165, 1.54) is 11.3 Å². The number of methoxy groups -OCH3 is 1. The largest absolute Gasteiger partial charge is 0.377 e. The minimum absolute atomic E-state index is 0.355. The summed E-state index contributed by atoms with van der Waals surface area (Å²) < 4.78 is 4.92. The van der Waals surface area contributed by atoms with E-state index in [1.54, 1.807) is 25.3 Å². The van der Waals surface area contributed by atoms with Crippen molar-refractivity contribution in [3.63, 3.8) is 0 Å². The van der Waals surface area contributed by atoms with Gasteiger partial charge in [-0.05, 0) is 18.2 Å². The van der Waals surface area contributed by atoms with Crippen LogP contribution in [0.2, 0.25) is 10.0 Å². The van der Waals surface area contributed by atoms with Gasteiger partial charge in [0.05, 0.1) is 10.0 Å². The predicted octanol–water partition coefficient (Wildman–Crippen LogP) is 3.64. The van der Waals surface area contributed by atoms with Crippen molar-refractivity contribution in [2.45, 2.75) is 6.61 Å². The zero-order chi connectivity index (χ0) is 14.5. The van der Waals surface area contributed by atoms with Crippen molar-refractivity contribution in [2.75, 3.05) is 17.7 Å². The molecule has 0 aliphatic heterocycles. The van der Waals surface area contributed by atoms with Gasteiger partial charge in [0, 0.05) is 12.8 Å². The molecule has 0 unspecified atom stereocenters. The normalized spacial score (nSPS) is 10.3. The maximum Gasteiger partial charge on any atom is 0.325 e. The third-order valence-corrected chi connectivity index (χ3v) is 3.68. The topological polar surface area (TPSA) is 76.1 Å². The van der Waals surface area contributed by atoms with E-state index in [0.29, 0.717) is 32.5 Å². The van der Waals surface area contributed by atoms with E-state index in [2.05, 4.69) is 20.8 Å². The lowest BCUT2D eigenvalue weighted by Gasteiger charge is -2.05. The Kier molecular flexibility index (Phi) is 5.13. The first-order valence-corrected chi connectivity index (χ1v) is 7.00. The van der Waals surface area contributed by atoms with Gasteiger partial charge < -0.3 is 10.1 Å². The average Bonchev–Trinajstić information content (AvgIpc) is 2.81. The van der Waals surface area contributed by atoms with Crippen LogP contribution in [0.1, 0.15) is 5.01 Å². The molecule has 1 heterocycles. The molecule has 0 radical (unpaired) electrons. The van der Waals surface area contributed by atoms with Crippen LogP contribution in [-0.2, 0) is 11.3 Å². The van der Waals surface area contributed by atoms with Crippen LogP contribution in [0.25, 0.3) is 0 Å². The molecule has 0 spiro atoms. The summed E-state index contributed by atoms with van der Waals surface area (Å²) >= 11 is 12.9. The molecular weight excluding hydrogens is 323 g/mol. The van der Waals surface area contributed by atoms with Crippen molar-refractivity contribution in [1.29, 1.82) is 0 Å². The number of urea groups is 1. The summed E-state index contributed by atoms with van der Waals surface area (Å²) in [7, 11) is 1.56. The van der Waals surface area contributed by atoms with Gasteiger partial charge in [-0.15, -0.1) is 10.2 Å². The lowest BCUT2D eigenvalue weighted by Crippen LogP contribution is -2.19. The Morgan fingerprint density at radius 3 is 2.80 bits per heavy atom. The SMILES string of the molecule is COCc1nnc(NC(=O)Nc2ccc(Cl)c(Cl)c2)s1. The number of anilines is 2. The molecule has 20 heavy (non-hydrogen) atoms. The Morgan fingerprint density at radius 2 is 2.10 bits per heavy atom. The van der Waals surface area contributed by atoms with Crippen molar-refractivity contribution >= 4 is 51.4 Å². The zero-order valence-electron chi connectivity index (χ0n) is 10.3. The summed E-state index contributed by atoms with van der Waals surface area (Å²) in [5.41, 5.74) is 0.526. The lowest BCUT2D eigenvalue weighted by atomic mass is 10.3. The van der Waals surface area contributed by atoms with E-state index < -0.39 is 6.03 Å². The van der Waals surface area contributed by atoms with E-state index in [9.17, 15) is 4.79 Å². The summed E-state index contributed by atoms with van der Waals surface area (Å²) in [6.07, 6.45) is 0. The second kappa shape index (κ2) is 6.85. The predicted molar refractivity (Wildman–Crippen MR) is 79.7 cm³/mol. The Hall–Kier alpha value is -1.41. The Labute approximate surface area is 129 Å². The number of halogens is 2. The molecule has 0 aliphatic rings. The van der Waals surface area contributed by atoms with Gasteiger partial charge in [-0.25, -0.2) is 4.79 Å². The second-order valence-corrected chi connectivity index (χ2v) is 5.52. The molecule has 9 heteroatoms. The first kappa shape index (κ1) is 15.0. The molecule has 0 aliphatic carbocycles. The molecule has 0 saturated heterocycles. The highest BCUT2D eigenvalue weighted by Gasteiger charge is 2.09. The summed E-state index contributed by atoms with van der Waals surface area (Å²) in [6, 6.07) is 4.36. The third kappa shape index (κ3) is 4.04. The van der Waals surface area contributed by atoms with E-state index in [0.717, 1.165) is 0 Å². The summed E-state index contributed by atoms with van der Waals surface area (Å²) in [4.78, 5) is 11.8. The van der Waals surface area contributed by atoms with E-state index in [1.807, 2.05) is 0 Å². The van der Waals surface area contributed by atoms with Crippen molar-refractivity contribution in [1.82, 2.24) is 10.2 Å². The number of carbonyl (C=O) groups excluding carboxylic acids is 1. The highest BCUT2D eigenvalue weighted by Crippen LogP contribution is 2.25. The maximum absolute atomic E-state index is 11.8. The number of nitrogens with one attached hydrogen (secondary N) is 2. The van der Waals surface area contributed by atoms with Crippen LogP contribution in [0.5, 0.6) is 0 Å². The first-order valence-electron chi connectivity index (χ1n) is 5.43. The molecule has 2 rings (SSSR count).